The number of rotatable bonds is 4. The van der Waals surface area contributed by atoms with Crippen LogP contribution in [0.2, 0.25) is 0 Å². The van der Waals surface area contributed by atoms with Crippen LogP contribution in [0.5, 0.6) is 5.75 Å². The summed E-state index contributed by atoms with van der Waals surface area (Å²) >= 11 is 0. The molecule has 2 aliphatic heterocycles. The molecule has 0 amide bonds. The number of hydrogen-bond donors (Lipinski definition) is 0. The molecular formula is C22H28N2O. The fraction of sp³-hybridized carbons (Fsp3) is 0.455. The second-order valence-electron chi connectivity index (χ2n) is 7.31. The molecule has 1 fully saturated rings. The predicted molar refractivity (Wildman–Crippen MR) is 102 cm³/mol. The monoisotopic (exact) mass is 336 g/mol. The third-order valence-corrected chi connectivity index (χ3v) is 5.70. The number of benzene rings is 2. The summed E-state index contributed by atoms with van der Waals surface area (Å²) in [7, 11) is 0. The Bertz CT molecular complexity index is 679. The van der Waals surface area contributed by atoms with Gasteiger partial charge in [0.2, 0.25) is 0 Å². The molecule has 0 N–H and O–H groups in total. The summed E-state index contributed by atoms with van der Waals surface area (Å²) in [5.41, 5.74) is 2.78. The van der Waals surface area contributed by atoms with Crippen LogP contribution >= 0.6 is 0 Å². The molecule has 0 spiro atoms. The van der Waals surface area contributed by atoms with E-state index < -0.39 is 0 Å². The Kier molecular flexibility index (Phi) is 5.04. The summed E-state index contributed by atoms with van der Waals surface area (Å²) in [5.74, 6) is 1.09. The quantitative estimate of drug-likeness (QED) is 0.845. The molecule has 25 heavy (non-hydrogen) atoms. The minimum Gasteiger partial charge on any atom is -0.489 e. The van der Waals surface area contributed by atoms with Crippen molar-refractivity contribution in [3.8, 4) is 5.75 Å². The lowest BCUT2D eigenvalue weighted by Crippen LogP contribution is -2.50. The molecule has 2 unspecified atom stereocenters. The number of piperazine rings is 1. The van der Waals surface area contributed by atoms with E-state index >= 15 is 0 Å². The molecule has 132 valence electrons. The highest BCUT2D eigenvalue weighted by Gasteiger charge is 2.26. The van der Waals surface area contributed by atoms with E-state index in [1.54, 1.807) is 0 Å². The van der Waals surface area contributed by atoms with Gasteiger partial charge in [-0.2, -0.15) is 0 Å². The van der Waals surface area contributed by atoms with Gasteiger partial charge in [0.15, 0.2) is 0 Å². The average Bonchev–Trinajstić information content (AvgIpc) is 2.69. The van der Waals surface area contributed by atoms with Crippen molar-refractivity contribution in [3.63, 3.8) is 0 Å². The van der Waals surface area contributed by atoms with E-state index in [2.05, 4.69) is 71.3 Å². The standard InChI is InChI=1S/C22H28N2O/c1-18(19-7-3-2-4-8-19)24-15-13-23(14-16-24)17-21-12-11-20-9-5-6-10-22(20)25-21/h2-10,18,21H,11-17H2,1H3. The molecule has 1 saturated heterocycles. The lowest BCUT2D eigenvalue weighted by molar-refractivity contribution is 0.0609. The van der Waals surface area contributed by atoms with Crippen LogP contribution in [0.15, 0.2) is 54.6 Å². The Hall–Kier alpha value is -1.84. The van der Waals surface area contributed by atoms with Crippen molar-refractivity contribution >= 4 is 0 Å². The van der Waals surface area contributed by atoms with E-state index in [1.165, 1.54) is 11.1 Å². The fourth-order valence-electron chi connectivity index (χ4n) is 4.07. The van der Waals surface area contributed by atoms with Gasteiger partial charge in [-0.3, -0.25) is 9.80 Å². The second-order valence-corrected chi connectivity index (χ2v) is 7.31. The molecule has 0 radical (unpaired) electrons. The van der Waals surface area contributed by atoms with Gasteiger partial charge in [-0.15, -0.1) is 0 Å². The smallest absolute Gasteiger partial charge is 0.122 e. The molecule has 0 saturated carbocycles. The summed E-state index contributed by atoms with van der Waals surface area (Å²) in [4.78, 5) is 5.18. The molecule has 2 atom stereocenters. The van der Waals surface area contributed by atoms with Gasteiger partial charge in [0, 0.05) is 38.8 Å². The van der Waals surface area contributed by atoms with Gasteiger partial charge < -0.3 is 4.74 Å². The Labute approximate surface area is 151 Å². The molecule has 4 rings (SSSR count). The summed E-state index contributed by atoms with van der Waals surface area (Å²) in [6.07, 6.45) is 2.62. The number of nitrogens with zero attached hydrogens (tertiary/aromatic N) is 2. The maximum Gasteiger partial charge on any atom is 0.122 e. The lowest BCUT2D eigenvalue weighted by atomic mass is 10.0. The van der Waals surface area contributed by atoms with Gasteiger partial charge in [-0.1, -0.05) is 48.5 Å². The van der Waals surface area contributed by atoms with Crippen LogP contribution in [0.1, 0.15) is 30.5 Å². The topological polar surface area (TPSA) is 15.7 Å². The molecule has 0 aliphatic carbocycles. The second kappa shape index (κ2) is 7.59. The zero-order chi connectivity index (χ0) is 17.1. The largest absolute Gasteiger partial charge is 0.489 e. The van der Waals surface area contributed by atoms with Gasteiger partial charge in [-0.25, -0.2) is 0 Å². The lowest BCUT2D eigenvalue weighted by Gasteiger charge is -2.40. The van der Waals surface area contributed by atoms with Crippen molar-refractivity contribution in [2.75, 3.05) is 32.7 Å². The number of ether oxygens (including phenoxy) is 1. The van der Waals surface area contributed by atoms with E-state index in [9.17, 15) is 0 Å². The van der Waals surface area contributed by atoms with Crippen LogP contribution in [-0.4, -0.2) is 48.6 Å². The number of aryl methyl sites for hydroxylation is 1. The van der Waals surface area contributed by atoms with Gasteiger partial charge in [0.05, 0.1) is 0 Å². The van der Waals surface area contributed by atoms with Crippen molar-refractivity contribution in [2.45, 2.75) is 31.9 Å². The van der Waals surface area contributed by atoms with E-state index in [-0.39, 0.29) is 0 Å². The number of hydrogen-bond acceptors (Lipinski definition) is 3. The first-order valence-electron chi connectivity index (χ1n) is 9.55. The Morgan fingerprint density at radius 1 is 0.960 bits per heavy atom. The third-order valence-electron chi connectivity index (χ3n) is 5.70. The van der Waals surface area contributed by atoms with Crippen LogP contribution in [0.25, 0.3) is 0 Å². The zero-order valence-electron chi connectivity index (χ0n) is 15.1. The highest BCUT2D eigenvalue weighted by molar-refractivity contribution is 5.35. The van der Waals surface area contributed by atoms with Gasteiger partial charge in [0.25, 0.3) is 0 Å². The molecule has 2 aromatic carbocycles. The molecule has 2 aromatic rings. The van der Waals surface area contributed by atoms with Gasteiger partial charge in [0.1, 0.15) is 11.9 Å². The van der Waals surface area contributed by atoms with E-state index in [0.29, 0.717) is 12.1 Å². The summed E-state index contributed by atoms with van der Waals surface area (Å²) in [5, 5.41) is 0. The van der Waals surface area contributed by atoms with Gasteiger partial charge >= 0.3 is 0 Å². The van der Waals surface area contributed by atoms with Crippen LogP contribution < -0.4 is 4.74 Å². The molecule has 3 nitrogen and oxygen atoms in total. The summed E-state index contributed by atoms with van der Waals surface area (Å²) in [6, 6.07) is 19.8. The van der Waals surface area contributed by atoms with Crippen LogP contribution in [0.3, 0.4) is 0 Å². The molecule has 2 heterocycles. The summed E-state index contributed by atoms with van der Waals surface area (Å²) < 4.78 is 6.22. The minimum absolute atomic E-state index is 0.341. The molecule has 0 bridgehead atoms. The first-order chi connectivity index (χ1) is 12.3. The normalized spacial score (nSPS) is 22.8. The Morgan fingerprint density at radius 3 is 2.48 bits per heavy atom. The van der Waals surface area contributed by atoms with Crippen molar-refractivity contribution in [1.29, 1.82) is 0 Å². The fourth-order valence-corrected chi connectivity index (χ4v) is 4.07. The SMILES string of the molecule is CC(c1ccccc1)N1CCN(CC2CCc3ccccc3O2)CC1. The predicted octanol–water partition coefficient (Wildman–Crippen LogP) is 3.76. The third kappa shape index (κ3) is 3.88. The number of para-hydroxylation sites is 1. The Balaban J connectivity index is 1.28. The Morgan fingerprint density at radius 2 is 1.68 bits per heavy atom. The van der Waals surface area contributed by atoms with Crippen molar-refractivity contribution < 1.29 is 4.74 Å². The minimum atomic E-state index is 0.341. The number of fused-ring (bicyclic) bond motifs is 1. The summed E-state index contributed by atoms with van der Waals surface area (Å²) in [6.45, 7) is 7.93. The highest BCUT2D eigenvalue weighted by Crippen LogP contribution is 2.28. The molecule has 0 aromatic heterocycles. The first-order valence-corrected chi connectivity index (χ1v) is 9.55. The highest BCUT2D eigenvalue weighted by atomic mass is 16.5. The van der Waals surface area contributed by atoms with Gasteiger partial charge in [-0.05, 0) is 37.0 Å². The van der Waals surface area contributed by atoms with Crippen LogP contribution in [0, 0.1) is 0 Å². The van der Waals surface area contributed by atoms with E-state index in [1.807, 2.05) is 0 Å². The first kappa shape index (κ1) is 16.6. The van der Waals surface area contributed by atoms with Crippen molar-refractivity contribution in [2.24, 2.45) is 0 Å². The van der Waals surface area contributed by atoms with Crippen molar-refractivity contribution in [1.82, 2.24) is 9.80 Å². The van der Waals surface area contributed by atoms with E-state index in [4.69, 9.17) is 4.74 Å². The van der Waals surface area contributed by atoms with Crippen LogP contribution in [-0.2, 0) is 6.42 Å². The molecule has 2 aliphatic rings. The maximum absolute atomic E-state index is 6.22. The molecular weight excluding hydrogens is 308 g/mol. The van der Waals surface area contributed by atoms with E-state index in [0.717, 1.165) is 51.3 Å². The average molecular weight is 336 g/mol. The molecule has 3 heteroatoms. The maximum atomic E-state index is 6.22. The van der Waals surface area contributed by atoms with Crippen molar-refractivity contribution in [3.05, 3.63) is 65.7 Å². The zero-order valence-corrected chi connectivity index (χ0v) is 15.1. The van der Waals surface area contributed by atoms with Crippen LogP contribution in [0.4, 0.5) is 0 Å².